The number of amides is 2. The van der Waals surface area contributed by atoms with Crippen LogP contribution in [0.1, 0.15) is 37.3 Å². The van der Waals surface area contributed by atoms with Gasteiger partial charge < -0.3 is 16.0 Å². The van der Waals surface area contributed by atoms with E-state index in [9.17, 15) is 9.59 Å². The molecule has 1 unspecified atom stereocenters. The summed E-state index contributed by atoms with van der Waals surface area (Å²) in [5.74, 6) is -0.495. The van der Waals surface area contributed by atoms with E-state index < -0.39 is 0 Å². The highest BCUT2D eigenvalue weighted by atomic mass is 16.2. The van der Waals surface area contributed by atoms with Gasteiger partial charge in [-0.05, 0) is 57.0 Å². The van der Waals surface area contributed by atoms with E-state index in [0.29, 0.717) is 0 Å². The highest BCUT2D eigenvalue weighted by molar-refractivity contribution is 5.96. The van der Waals surface area contributed by atoms with Crippen LogP contribution in [-0.2, 0) is 22.4 Å². The average molecular weight is 381 g/mol. The Bertz CT molecular complexity index is 784. The first kappa shape index (κ1) is 19.9. The molecule has 148 valence electrons. The Balaban J connectivity index is 1.71. The molecule has 2 aliphatic rings. The predicted octanol–water partition coefficient (Wildman–Crippen LogP) is 1.49. The van der Waals surface area contributed by atoms with E-state index in [2.05, 4.69) is 44.8 Å². The maximum atomic E-state index is 12.9. The second kappa shape index (κ2) is 9.41. The van der Waals surface area contributed by atoms with Crippen LogP contribution in [-0.4, -0.2) is 43.4 Å². The number of piperidine rings is 1. The third kappa shape index (κ3) is 4.72. The molecule has 1 heterocycles. The van der Waals surface area contributed by atoms with Crippen LogP contribution in [0.15, 0.2) is 45.8 Å². The summed E-state index contributed by atoms with van der Waals surface area (Å²) in [6, 6.07) is 7.88. The van der Waals surface area contributed by atoms with Crippen LogP contribution < -0.4 is 16.0 Å². The van der Waals surface area contributed by atoms with Crippen molar-refractivity contribution in [2.75, 3.05) is 6.54 Å². The lowest BCUT2D eigenvalue weighted by molar-refractivity contribution is -0.122. The van der Waals surface area contributed by atoms with Gasteiger partial charge in [-0.2, -0.15) is 0 Å². The Morgan fingerprint density at radius 3 is 2.50 bits per heavy atom. The fourth-order valence-electron chi connectivity index (χ4n) is 3.72. The first-order valence-corrected chi connectivity index (χ1v) is 9.74. The molecule has 0 spiro atoms. The van der Waals surface area contributed by atoms with Crippen molar-refractivity contribution < 1.29 is 9.59 Å². The normalized spacial score (nSPS) is 20.4. The third-order valence-corrected chi connectivity index (χ3v) is 5.11. The molecule has 1 aromatic rings. The van der Waals surface area contributed by atoms with E-state index in [0.717, 1.165) is 38.6 Å². The van der Waals surface area contributed by atoms with Gasteiger partial charge in [0.1, 0.15) is 0 Å². The number of fused-ring (bicyclic) bond motifs is 1. The first-order valence-electron chi connectivity index (χ1n) is 9.74. The smallest absolute Gasteiger partial charge is 0.273 e. The van der Waals surface area contributed by atoms with Crippen LogP contribution in [0, 0.1) is 0 Å². The summed E-state index contributed by atoms with van der Waals surface area (Å²) < 4.78 is 0. The van der Waals surface area contributed by atoms with Crippen molar-refractivity contribution >= 4 is 24.7 Å². The van der Waals surface area contributed by atoms with Crippen molar-refractivity contribution in [2.45, 2.75) is 51.1 Å². The van der Waals surface area contributed by atoms with Gasteiger partial charge in [0.05, 0.1) is 6.04 Å². The second-order valence-corrected chi connectivity index (χ2v) is 7.08. The van der Waals surface area contributed by atoms with E-state index in [1.807, 2.05) is 12.1 Å². The lowest BCUT2D eigenvalue weighted by Gasteiger charge is -2.22. The number of nitrogens with zero attached hydrogens (tertiary/aromatic N) is 2. The number of aliphatic imine (C=N–C) groups is 2. The predicted molar refractivity (Wildman–Crippen MR) is 110 cm³/mol. The van der Waals surface area contributed by atoms with Crippen LogP contribution in [0.5, 0.6) is 0 Å². The van der Waals surface area contributed by atoms with Crippen LogP contribution in [0.25, 0.3) is 0 Å². The van der Waals surface area contributed by atoms with Crippen molar-refractivity contribution in [3.05, 3.63) is 46.9 Å². The van der Waals surface area contributed by atoms with Gasteiger partial charge >= 0.3 is 0 Å². The molecule has 7 nitrogen and oxygen atoms in total. The molecule has 3 rings (SSSR count). The lowest BCUT2D eigenvalue weighted by Crippen LogP contribution is -2.46. The highest BCUT2D eigenvalue weighted by Gasteiger charge is 2.26. The molecule has 3 N–H and O–H groups in total. The maximum Gasteiger partial charge on any atom is 0.273 e. The molecule has 1 aromatic carbocycles. The van der Waals surface area contributed by atoms with Crippen LogP contribution in [0.3, 0.4) is 0 Å². The molecule has 1 atom stereocenters. The van der Waals surface area contributed by atoms with Gasteiger partial charge in [-0.25, -0.2) is 4.99 Å². The number of carbonyl (C=O) groups is 2. The molecule has 0 aromatic heterocycles. The minimum absolute atomic E-state index is 0.00580. The number of benzene rings is 1. The zero-order valence-electron chi connectivity index (χ0n) is 16.2. The van der Waals surface area contributed by atoms with Gasteiger partial charge in [0, 0.05) is 12.3 Å². The Morgan fingerprint density at radius 2 is 1.93 bits per heavy atom. The molecule has 28 heavy (non-hydrogen) atoms. The van der Waals surface area contributed by atoms with Crippen LogP contribution in [0.4, 0.5) is 0 Å². The molecule has 0 bridgehead atoms. The Labute approximate surface area is 165 Å². The topological polar surface area (TPSA) is 94.9 Å². The van der Waals surface area contributed by atoms with Crippen LogP contribution in [0.2, 0.25) is 0 Å². The van der Waals surface area contributed by atoms with E-state index in [1.54, 1.807) is 6.92 Å². The summed E-state index contributed by atoms with van der Waals surface area (Å²) in [5, 5.41) is 8.91. The first-order chi connectivity index (χ1) is 13.6. The molecule has 0 radical (unpaired) electrons. The molecular weight excluding hydrogens is 354 g/mol. The Hall–Kier alpha value is -2.80. The van der Waals surface area contributed by atoms with E-state index in [1.165, 1.54) is 17.3 Å². The lowest BCUT2D eigenvalue weighted by atomic mass is 10.0. The van der Waals surface area contributed by atoms with Crippen molar-refractivity contribution in [1.82, 2.24) is 16.0 Å². The number of hydrogen-bond donors (Lipinski definition) is 3. The number of carbonyl (C=O) groups excluding carboxylic acids is 2. The SMILES string of the molecule is C=N/C(NC(=O)C1CCCCN1)=C(\N=C/C)C(=O)NC1Cc2ccccc2C1. The third-order valence-electron chi connectivity index (χ3n) is 5.11. The van der Waals surface area contributed by atoms with Gasteiger partial charge in [0.25, 0.3) is 5.91 Å². The summed E-state index contributed by atoms with van der Waals surface area (Å²) in [5.41, 5.74) is 2.56. The quantitative estimate of drug-likeness (QED) is 0.515. The zero-order valence-corrected chi connectivity index (χ0v) is 16.2. The largest absolute Gasteiger partial charge is 0.347 e. The van der Waals surface area contributed by atoms with Gasteiger partial charge in [0.2, 0.25) is 5.91 Å². The van der Waals surface area contributed by atoms with E-state index in [4.69, 9.17) is 0 Å². The summed E-state index contributed by atoms with van der Waals surface area (Å²) >= 11 is 0. The molecule has 2 amide bonds. The van der Waals surface area contributed by atoms with Crippen molar-refractivity contribution in [3.63, 3.8) is 0 Å². The molecule has 7 heteroatoms. The minimum Gasteiger partial charge on any atom is -0.347 e. The number of rotatable bonds is 6. The fraction of sp³-hybridized carbons (Fsp3) is 0.429. The highest BCUT2D eigenvalue weighted by Crippen LogP contribution is 2.22. The molecule has 1 fully saturated rings. The molecule has 0 saturated carbocycles. The number of hydrogen-bond acceptors (Lipinski definition) is 5. The minimum atomic E-state index is -0.366. The molecule has 1 aliphatic carbocycles. The van der Waals surface area contributed by atoms with Gasteiger partial charge in [0.15, 0.2) is 11.5 Å². The second-order valence-electron chi connectivity index (χ2n) is 7.08. The Kier molecular flexibility index (Phi) is 6.71. The van der Waals surface area contributed by atoms with E-state index >= 15 is 0 Å². The molecule has 1 aliphatic heterocycles. The van der Waals surface area contributed by atoms with E-state index in [-0.39, 0.29) is 35.4 Å². The zero-order chi connectivity index (χ0) is 19.9. The fourth-order valence-corrected chi connectivity index (χ4v) is 3.72. The standard InChI is InChI=1S/C21H27N5O2/c1-3-23-18(19(22-2)26-20(27)17-10-6-7-11-24-17)21(28)25-16-12-14-8-4-5-9-15(14)13-16/h3-5,8-9,16-17,24H,2,6-7,10-13H2,1H3,(H,25,28)(H,26,27)/b19-18+,23-3-. The van der Waals surface area contributed by atoms with Crippen molar-refractivity contribution in [3.8, 4) is 0 Å². The van der Waals surface area contributed by atoms with Gasteiger partial charge in [-0.1, -0.05) is 30.7 Å². The Morgan fingerprint density at radius 1 is 1.21 bits per heavy atom. The summed E-state index contributed by atoms with van der Waals surface area (Å²) in [6.45, 7) is 6.03. The summed E-state index contributed by atoms with van der Waals surface area (Å²) in [6.07, 6.45) is 5.88. The van der Waals surface area contributed by atoms with Crippen molar-refractivity contribution in [2.24, 2.45) is 9.98 Å². The summed E-state index contributed by atoms with van der Waals surface area (Å²) in [4.78, 5) is 33.4. The van der Waals surface area contributed by atoms with Crippen molar-refractivity contribution in [1.29, 1.82) is 0 Å². The molecular formula is C21H27N5O2. The summed E-state index contributed by atoms with van der Waals surface area (Å²) in [7, 11) is 0. The maximum absolute atomic E-state index is 12.9. The van der Waals surface area contributed by atoms with Gasteiger partial charge in [-0.3, -0.25) is 14.6 Å². The van der Waals surface area contributed by atoms with Gasteiger partial charge in [-0.15, -0.1) is 0 Å². The number of nitrogens with one attached hydrogen (secondary N) is 3. The monoisotopic (exact) mass is 381 g/mol. The van der Waals surface area contributed by atoms with Crippen LogP contribution >= 0.6 is 0 Å². The average Bonchev–Trinajstić information content (AvgIpc) is 3.13. The molecule has 1 saturated heterocycles.